The largest absolute Gasteiger partial charge is 0.415 e. The van der Waals surface area contributed by atoms with Crippen molar-refractivity contribution in [2.75, 3.05) is 24.7 Å². The number of alkyl halides is 2. The second-order valence-corrected chi connectivity index (χ2v) is 10.9. The summed E-state index contributed by atoms with van der Waals surface area (Å²) in [5, 5.41) is 2.63. The molecule has 1 aliphatic rings. The van der Waals surface area contributed by atoms with Crippen molar-refractivity contribution in [3.05, 3.63) is 53.2 Å². The van der Waals surface area contributed by atoms with Crippen LogP contribution < -0.4 is 14.8 Å². The molecule has 0 unspecified atom stereocenters. The topological polar surface area (TPSA) is 135 Å². The quantitative estimate of drug-likeness (QED) is 0.468. The minimum Gasteiger partial charge on any atom is -0.415 e. The molecule has 3 rings (SSSR count). The summed E-state index contributed by atoms with van der Waals surface area (Å²) in [6.45, 7) is 2.09. The second-order valence-electron chi connectivity index (χ2n) is 9.19. The Kier molecular flexibility index (Phi) is 8.16. The Hall–Kier alpha value is -3.61. The molecule has 1 saturated heterocycles. The smallest absolute Gasteiger partial charge is 0.388 e. The highest BCUT2D eigenvalue weighted by atomic mass is 32.2. The molecule has 0 radical (unpaired) electrons. The number of halogens is 2. The molecule has 13 heteroatoms. The average Bonchev–Trinajstić information content (AvgIpc) is 2.73. The summed E-state index contributed by atoms with van der Waals surface area (Å²) in [6.07, 6.45) is 0.0774. The zero-order chi connectivity index (χ0) is 27.5. The zero-order valence-corrected chi connectivity index (χ0v) is 21.6. The fraction of sp³-hybridized carbons (Fsp3) is 0.417. The number of pyridine rings is 1. The summed E-state index contributed by atoms with van der Waals surface area (Å²) in [7, 11) is -3.83. The third-order valence-corrected chi connectivity index (χ3v) is 6.47. The summed E-state index contributed by atoms with van der Waals surface area (Å²) in [4.78, 5) is 43.5. The van der Waals surface area contributed by atoms with Crippen molar-refractivity contribution in [2.45, 2.75) is 45.1 Å². The molecule has 2 aromatic rings. The number of ether oxygens (including phenoxy) is 1. The van der Waals surface area contributed by atoms with Gasteiger partial charge in [-0.05, 0) is 36.1 Å². The van der Waals surface area contributed by atoms with Gasteiger partial charge in [0.15, 0.2) is 0 Å². The molecule has 3 amide bonds. The summed E-state index contributed by atoms with van der Waals surface area (Å²) < 4.78 is 54.7. The van der Waals surface area contributed by atoms with E-state index in [0.29, 0.717) is 11.3 Å². The molecule has 200 valence electrons. The molecule has 0 spiro atoms. The zero-order valence-electron chi connectivity index (χ0n) is 20.7. The van der Waals surface area contributed by atoms with E-state index in [1.807, 2.05) is 26.0 Å². The van der Waals surface area contributed by atoms with Gasteiger partial charge in [0, 0.05) is 18.8 Å². The Morgan fingerprint density at radius 2 is 1.78 bits per heavy atom. The van der Waals surface area contributed by atoms with Crippen LogP contribution in [0.3, 0.4) is 0 Å². The number of carbonyl (C=O) groups excluding carboxylic acids is 3. The molecule has 1 aliphatic heterocycles. The lowest BCUT2D eigenvalue weighted by atomic mass is 9.69. The first kappa shape index (κ1) is 28.0. The lowest BCUT2D eigenvalue weighted by Gasteiger charge is -2.50. The van der Waals surface area contributed by atoms with Gasteiger partial charge < -0.3 is 15.0 Å². The Balaban J connectivity index is 1.92. The van der Waals surface area contributed by atoms with E-state index in [9.17, 15) is 31.6 Å². The predicted octanol–water partition coefficient (Wildman–Crippen LogP) is 2.30. The lowest BCUT2D eigenvalue weighted by molar-refractivity contribution is -0.145. The number of sulfonamides is 1. The molecule has 0 atom stereocenters. The van der Waals surface area contributed by atoms with Crippen molar-refractivity contribution >= 4 is 33.4 Å². The third kappa shape index (κ3) is 6.59. The number of nitrogens with zero attached hydrogens (tertiary/aromatic N) is 2. The second kappa shape index (κ2) is 10.8. The fourth-order valence-corrected chi connectivity index (χ4v) is 4.68. The van der Waals surface area contributed by atoms with Crippen LogP contribution in [0.2, 0.25) is 0 Å². The highest BCUT2D eigenvalue weighted by Gasteiger charge is 2.53. The van der Waals surface area contributed by atoms with Crippen LogP contribution in [0.4, 0.5) is 14.5 Å². The number of rotatable bonds is 9. The van der Waals surface area contributed by atoms with Gasteiger partial charge in [0.25, 0.3) is 0 Å². The first-order valence-corrected chi connectivity index (χ1v) is 13.2. The van der Waals surface area contributed by atoms with Crippen LogP contribution in [0.15, 0.2) is 36.4 Å². The van der Waals surface area contributed by atoms with Gasteiger partial charge in [-0.2, -0.15) is 8.78 Å². The molecule has 1 aromatic carbocycles. The van der Waals surface area contributed by atoms with E-state index >= 15 is 0 Å². The van der Waals surface area contributed by atoms with Gasteiger partial charge in [-0.3, -0.25) is 19.1 Å². The van der Waals surface area contributed by atoms with Crippen molar-refractivity contribution in [2.24, 2.45) is 0 Å². The number of anilines is 1. The molecular weight excluding hydrogens is 510 g/mol. The lowest BCUT2D eigenvalue weighted by Crippen LogP contribution is -2.67. The maximum absolute atomic E-state index is 13.7. The van der Waals surface area contributed by atoms with E-state index in [4.69, 9.17) is 0 Å². The van der Waals surface area contributed by atoms with E-state index in [-0.39, 0.29) is 24.7 Å². The van der Waals surface area contributed by atoms with E-state index in [1.165, 1.54) is 17.0 Å². The first-order chi connectivity index (χ1) is 17.2. The molecule has 37 heavy (non-hydrogen) atoms. The molecule has 10 nitrogen and oxygen atoms in total. The van der Waals surface area contributed by atoms with Crippen molar-refractivity contribution in [3.8, 4) is 5.88 Å². The summed E-state index contributed by atoms with van der Waals surface area (Å²) in [5.74, 6) is -2.65. The predicted molar refractivity (Wildman–Crippen MR) is 131 cm³/mol. The van der Waals surface area contributed by atoms with Gasteiger partial charge in [-0.1, -0.05) is 38.1 Å². The number of aryl methyl sites for hydroxylation is 1. The molecule has 0 saturated carbocycles. The number of amides is 3. The molecule has 0 aliphatic carbocycles. The van der Waals surface area contributed by atoms with Crippen molar-refractivity contribution in [1.82, 2.24) is 14.6 Å². The number of likely N-dealkylation sites (tertiary alicyclic amines) is 1. The highest BCUT2D eigenvalue weighted by molar-refractivity contribution is 7.89. The number of nitrogens with one attached hydrogen (secondary N) is 2. The Bertz CT molecular complexity index is 1310. The molecule has 1 fully saturated rings. The molecule has 2 heterocycles. The van der Waals surface area contributed by atoms with Crippen LogP contribution in [-0.4, -0.2) is 62.0 Å². The monoisotopic (exact) mass is 538 g/mol. The van der Waals surface area contributed by atoms with Crippen LogP contribution in [0.1, 0.15) is 43.0 Å². The normalized spacial score (nSPS) is 14.8. The number of hydrogen-bond acceptors (Lipinski definition) is 7. The van der Waals surface area contributed by atoms with Crippen LogP contribution in [-0.2, 0) is 29.8 Å². The highest BCUT2D eigenvalue weighted by Crippen LogP contribution is 2.40. The Morgan fingerprint density at radius 1 is 1.14 bits per heavy atom. The Morgan fingerprint density at radius 3 is 2.38 bits per heavy atom. The van der Waals surface area contributed by atoms with Crippen molar-refractivity contribution in [1.29, 1.82) is 0 Å². The molecule has 2 N–H and O–H groups in total. The van der Waals surface area contributed by atoms with Gasteiger partial charge in [0.05, 0.1) is 6.26 Å². The van der Waals surface area contributed by atoms with E-state index in [0.717, 1.165) is 11.8 Å². The number of aromatic nitrogens is 1. The minimum atomic E-state index is -3.83. The van der Waals surface area contributed by atoms with E-state index < -0.39 is 52.1 Å². The van der Waals surface area contributed by atoms with Gasteiger partial charge in [-0.25, -0.2) is 13.4 Å². The van der Waals surface area contributed by atoms with Crippen molar-refractivity contribution < 1.29 is 36.3 Å². The van der Waals surface area contributed by atoms with Gasteiger partial charge in [0.2, 0.25) is 33.6 Å². The summed E-state index contributed by atoms with van der Waals surface area (Å²) in [6, 6.07) is 10.1. The van der Waals surface area contributed by atoms with E-state index in [2.05, 4.69) is 15.0 Å². The van der Waals surface area contributed by atoms with Gasteiger partial charge >= 0.3 is 6.61 Å². The SMILES string of the molecule is Cc1ccc(NC(=O)C2(c3ccccc3C(C)C)CN(C(=O)CC(=O)NS(C)(=O)=O)C2)c(OC(F)F)n1. The third-order valence-electron chi connectivity index (χ3n) is 5.87. The standard InChI is InChI=1S/C24H28F2N4O6S/c1-14(2)16-7-5-6-8-17(16)24(12-30(13-24)20(32)11-19(31)29-37(4,34)35)22(33)28-18-10-9-15(3)27-21(18)36-23(25)26/h5-10,14,23H,11-13H2,1-4H3,(H,28,33)(H,29,31). The first-order valence-electron chi connectivity index (χ1n) is 11.3. The number of benzene rings is 1. The minimum absolute atomic E-state index is 0.0185. The molecule has 0 bridgehead atoms. The van der Waals surface area contributed by atoms with Gasteiger partial charge in [0.1, 0.15) is 17.5 Å². The average molecular weight is 539 g/mol. The fourth-order valence-electron chi connectivity index (χ4n) is 4.19. The maximum atomic E-state index is 13.7. The Labute approximate surface area is 213 Å². The van der Waals surface area contributed by atoms with Gasteiger partial charge in [-0.15, -0.1) is 0 Å². The van der Waals surface area contributed by atoms with E-state index in [1.54, 1.807) is 23.8 Å². The van der Waals surface area contributed by atoms with Crippen molar-refractivity contribution in [3.63, 3.8) is 0 Å². The molecule has 1 aromatic heterocycles. The van der Waals surface area contributed by atoms with Crippen LogP contribution >= 0.6 is 0 Å². The molecular formula is C24H28F2N4O6S. The number of carbonyl (C=O) groups is 3. The number of hydrogen-bond donors (Lipinski definition) is 2. The van der Waals surface area contributed by atoms with Crippen LogP contribution in [0.25, 0.3) is 0 Å². The van der Waals surface area contributed by atoms with Crippen LogP contribution in [0, 0.1) is 6.92 Å². The maximum Gasteiger partial charge on any atom is 0.388 e. The summed E-state index contributed by atoms with van der Waals surface area (Å²) >= 11 is 0. The van der Waals surface area contributed by atoms with Crippen LogP contribution in [0.5, 0.6) is 5.88 Å². The summed E-state index contributed by atoms with van der Waals surface area (Å²) in [5.41, 5.74) is 0.571.